The Morgan fingerprint density at radius 2 is 2.06 bits per heavy atom. The van der Waals surface area contributed by atoms with Gasteiger partial charge in [-0.25, -0.2) is 4.39 Å². The van der Waals surface area contributed by atoms with E-state index in [0.29, 0.717) is 9.89 Å². The first-order chi connectivity index (χ1) is 8.31. The molecule has 0 aliphatic heterocycles. The predicted octanol–water partition coefficient (Wildman–Crippen LogP) is 4.43. The van der Waals surface area contributed by atoms with E-state index in [1.54, 1.807) is 6.07 Å². The molecule has 1 aromatic carbocycles. The maximum atomic E-state index is 13.5. The number of hydrogen-bond acceptors (Lipinski definition) is 1. The lowest BCUT2D eigenvalue weighted by Gasteiger charge is -2.43. The lowest BCUT2D eigenvalue weighted by Crippen LogP contribution is -2.48. The van der Waals surface area contributed by atoms with Crippen molar-refractivity contribution >= 4 is 15.9 Å². The Bertz CT molecular complexity index is 444. The van der Waals surface area contributed by atoms with Crippen LogP contribution in [-0.4, -0.2) is 5.54 Å². The molecule has 1 aliphatic rings. The maximum Gasteiger partial charge on any atom is 0.137 e. The highest BCUT2D eigenvalue weighted by Crippen LogP contribution is 2.41. The number of rotatable bonds is 2. The second-order valence-corrected chi connectivity index (χ2v) is 7.24. The first-order valence-corrected chi connectivity index (χ1v) is 7.32. The second-order valence-electron chi connectivity index (χ2n) is 6.45. The molecule has 1 nitrogen and oxygen atoms in total. The first-order valence-electron chi connectivity index (χ1n) is 6.53. The number of benzene rings is 1. The van der Waals surface area contributed by atoms with E-state index in [1.807, 2.05) is 6.07 Å². The van der Waals surface area contributed by atoms with E-state index < -0.39 is 0 Å². The van der Waals surface area contributed by atoms with Crippen LogP contribution in [0.15, 0.2) is 22.7 Å². The SMILES string of the molecule is CC1(C)CCCC(N)(Cc2cccc(F)c2Br)C1. The average molecular weight is 314 g/mol. The van der Waals surface area contributed by atoms with E-state index in [9.17, 15) is 4.39 Å². The molecule has 0 heterocycles. The lowest BCUT2D eigenvalue weighted by atomic mass is 9.66. The molecule has 0 saturated heterocycles. The minimum Gasteiger partial charge on any atom is -0.325 e. The normalized spacial score (nSPS) is 27.2. The highest BCUT2D eigenvalue weighted by molar-refractivity contribution is 9.10. The second kappa shape index (κ2) is 4.93. The highest BCUT2D eigenvalue weighted by atomic mass is 79.9. The molecule has 1 fully saturated rings. The first kappa shape index (κ1) is 14.0. The Morgan fingerprint density at radius 3 is 2.72 bits per heavy atom. The summed E-state index contributed by atoms with van der Waals surface area (Å²) in [4.78, 5) is 0. The van der Waals surface area contributed by atoms with E-state index >= 15 is 0 Å². The summed E-state index contributed by atoms with van der Waals surface area (Å²) in [6.07, 6.45) is 5.17. The van der Waals surface area contributed by atoms with Gasteiger partial charge in [0.2, 0.25) is 0 Å². The smallest absolute Gasteiger partial charge is 0.137 e. The Hall–Kier alpha value is -0.410. The topological polar surface area (TPSA) is 26.0 Å². The molecule has 0 radical (unpaired) electrons. The van der Waals surface area contributed by atoms with Crippen LogP contribution in [0.1, 0.15) is 45.1 Å². The average Bonchev–Trinajstić information content (AvgIpc) is 2.22. The van der Waals surface area contributed by atoms with Crippen molar-refractivity contribution in [2.24, 2.45) is 11.1 Å². The van der Waals surface area contributed by atoms with E-state index in [-0.39, 0.29) is 11.4 Å². The van der Waals surface area contributed by atoms with Crippen molar-refractivity contribution in [1.82, 2.24) is 0 Å². The third-order valence-electron chi connectivity index (χ3n) is 3.93. The molecule has 100 valence electrons. The van der Waals surface area contributed by atoms with Crippen molar-refractivity contribution in [3.63, 3.8) is 0 Å². The van der Waals surface area contributed by atoms with Gasteiger partial charge in [0, 0.05) is 5.54 Å². The summed E-state index contributed by atoms with van der Waals surface area (Å²) < 4.78 is 14.1. The fraction of sp³-hybridized carbons (Fsp3) is 0.600. The van der Waals surface area contributed by atoms with Crippen molar-refractivity contribution in [3.8, 4) is 0 Å². The fourth-order valence-corrected chi connectivity index (χ4v) is 3.67. The zero-order valence-electron chi connectivity index (χ0n) is 11.1. The molecular weight excluding hydrogens is 293 g/mol. The Morgan fingerprint density at radius 1 is 1.33 bits per heavy atom. The summed E-state index contributed by atoms with van der Waals surface area (Å²) in [5.74, 6) is -0.203. The molecule has 2 N–H and O–H groups in total. The third kappa shape index (κ3) is 3.12. The molecule has 3 heteroatoms. The van der Waals surface area contributed by atoms with E-state index in [4.69, 9.17) is 5.73 Å². The van der Waals surface area contributed by atoms with Crippen LogP contribution in [0.25, 0.3) is 0 Å². The standard InChI is InChI=1S/C15H21BrFN/c1-14(2)7-4-8-15(18,10-14)9-11-5-3-6-12(17)13(11)16/h3,5-6H,4,7-10,18H2,1-2H3. The molecule has 0 amide bonds. The van der Waals surface area contributed by atoms with Gasteiger partial charge in [0.05, 0.1) is 4.47 Å². The van der Waals surface area contributed by atoms with E-state index in [0.717, 1.165) is 31.2 Å². The molecule has 1 saturated carbocycles. The van der Waals surface area contributed by atoms with Crippen LogP contribution < -0.4 is 5.73 Å². The van der Waals surface area contributed by atoms with Crippen molar-refractivity contribution < 1.29 is 4.39 Å². The molecule has 2 rings (SSSR count). The summed E-state index contributed by atoms with van der Waals surface area (Å²) in [5.41, 5.74) is 7.63. The molecule has 18 heavy (non-hydrogen) atoms. The molecular formula is C15H21BrFN. The molecule has 1 unspecified atom stereocenters. The minimum atomic E-state index is -0.203. The van der Waals surface area contributed by atoms with Crippen molar-refractivity contribution in [1.29, 1.82) is 0 Å². The van der Waals surface area contributed by atoms with Crippen LogP contribution in [0, 0.1) is 11.2 Å². The largest absolute Gasteiger partial charge is 0.325 e. The monoisotopic (exact) mass is 313 g/mol. The minimum absolute atomic E-state index is 0.196. The van der Waals surface area contributed by atoms with Gasteiger partial charge in [-0.05, 0) is 58.7 Å². The van der Waals surface area contributed by atoms with E-state index in [2.05, 4.69) is 29.8 Å². The van der Waals surface area contributed by atoms with Gasteiger partial charge >= 0.3 is 0 Å². The van der Waals surface area contributed by atoms with Crippen LogP contribution in [0.4, 0.5) is 4.39 Å². The van der Waals surface area contributed by atoms with Gasteiger partial charge in [-0.1, -0.05) is 32.4 Å². The molecule has 1 aromatic rings. The maximum absolute atomic E-state index is 13.5. The molecule has 0 bridgehead atoms. The van der Waals surface area contributed by atoms with E-state index in [1.165, 1.54) is 12.5 Å². The highest BCUT2D eigenvalue weighted by Gasteiger charge is 2.37. The van der Waals surface area contributed by atoms with Crippen molar-refractivity contribution in [2.75, 3.05) is 0 Å². The molecule has 0 spiro atoms. The summed E-state index contributed by atoms with van der Waals surface area (Å²) in [6, 6.07) is 5.19. The number of hydrogen-bond donors (Lipinski definition) is 1. The van der Waals surface area contributed by atoms with Gasteiger partial charge in [-0.2, -0.15) is 0 Å². The van der Waals surface area contributed by atoms with Crippen LogP contribution in [0.3, 0.4) is 0 Å². The quantitative estimate of drug-likeness (QED) is 0.859. The Labute approximate surface area is 117 Å². The third-order valence-corrected chi connectivity index (χ3v) is 4.82. The van der Waals surface area contributed by atoms with Crippen LogP contribution in [0.2, 0.25) is 0 Å². The summed E-state index contributed by atoms with van der Waals surface area (Å²) in [6.45, 7) is 4.54. The number of nitrogens with two attached hydrogens (primary N) is 1. The Kier molecular flexibility index (Phi) is 3.84. The Balaban J connectivity index is 2.20. The fourth-order valence-electron chi connectivity index (χ4n) is 3.26. The number of halogens is 2. The van der Waals surface area contributed by atoms with Crippen molar-refractivity contribution in [2.45, 2.75) is 51.5 Å². The summed E-state index contributed by atoms with van der Waals surface area (Å²) in [5, 5.41) is 0. The molecule has 1 atom stereocenters. The molecule has 1 aliphatic carbocycles. The van der Waals surface area contributed by atoms with Crippen LogP contribution in [-0.2, 0) is 6.42 Å². The zero-order chi connectivity index (χ0) is 13.4. The lowest BCUT2D eigenvalue weighted by molar-refractivity contribution is 0.150. The van der Waals surface area contributed by atoms with Crippen LogP contribution in [0.5, 0.6) is 0 Å². The van der Waals surface area contributed by atoms with Gasteiger partial charge < -0.3 is 5.73 Å². The van der Waals surface area contributed by atoms with Gasteiger partial charge in [-0.15, -0.1) is 0 Å². The summed E-state index contributed by atoms with van der Waals surface area (Å²) in [7, 11) is 0. The van der Waals surface area contributed by atoms with Crippen LogP contribution >= 0.6 is 15.9 Å². The van der Waals surface area contributed by atoms with Gasteiger partial charge in [0.15, 0.2) is 0 Å². The zero-order valence-corrected chi connectivity index (χ0v) is 12.7. The van der Waals surface area contributed by atoms with Gasteiger partial charge in [-0.3, -0.25) is 0 Å². The van der Waals surface area contributed by atoms with Crippen molar-refractivity contribution in [3.05, 3.63) is 34.1 Å². The summed E-state index contributed by atoms with van der Waals surface area (Å²) >= 11 is 3.33. The molecule has 0 aromatic heterocycles. The predicted molar refractivity (Wildman–Crippen MR) is 77.0 cm³/mol. The van der Waals surface area contributed by atoms with Gasteiger partial charge in [0.1, 0.15) is 5.82 Å². The van der Waals surface area contributed by atoms with Gasteiger partial charge in [0.25, 0.3) is 0 Å².